The molecule has 12 heteroatoms. The van der Waals surface area contributed by atoms with Gasteiger partial charge in [-0.15, -0.1) is 0 Å². The number of hydrogen-bond donors (Lipinski definition) is 0. The first kappa shape index (κ1) is 36.4. The van der Waals surface area contributed by atoms with Gasteiger partial charge in [0.25, 0.3) is 5.76 Å². The first-order chi connectivity index (χ1) is 22.7. The Morgan fingerprint density at radius 2 is 1.54 bits per heavy atom. The zero-order chi connectivity index (χ0) is 35.2. The van der Waals surface area contributed by atoms with Crippen LogP contribution in [0.25, 0.3) is 17.0 Å². The van der Waals surface area contributed by atoms with Crippen LogP contribution in [-0.4, -0.2) is 38.2 Å². The van der Waals surface area contributed by atoms with Crippen molar-refractivity contribution >= 4 is 34.6 Å². The van der Waals surface area contributed by atoms with Gasteiger partial charge in [-0.25, -0.2) is 4.79 Å². The summed E-state index contributed by atoms with van der Waals surface area (Å²) < 4.78 is 70.7. The van der Waals surface area contributed by atoms with E-state index in [0.717, 1.165) is 0 Å². The van der Waals surface area contributed by atoms with Gasteiger partial charge in [-0.05, 0) is 72.0 Å². The van der Waals surface area contributed by atoms with E-state index in [1.54, 1.807) is 18.2 Å². The van der Waals surface area contributed by atoms with Crippen LogP contribution in [0.15, 0.2) is 69.9 Å². The quantitative estimate of drug-likeness (QED) is 0.0782. The predicted octanol–water partition coefficient (Wildman–Crippen LogP) is 9.01. The van der Waals surface area contributed by atoms with E-state index < -0.39 is 29.1 Å². The van der Waals surface area contributed by atoms with Gasteiger partial charge in [-0.2, -0.15) is 13.2 Å². The van der Waals surface area contributed by atoms with Crippen LogP contribution < -0.4 is 24.4 Å². The fraction of sp³-hybridized carbons (Fsp3) is 0.333. The number of methoxy groups -OCH3 is 2. The lowest BCUT2D eigenvalue weighted by atomic mass is 10.1. The Labute approximate surface area is 281 Å². The molecule has 4 aromatic rings. The highest BCUT2D eigenvalue weighted by molar-refractivity contribution is 6.30. The van der Waals surface area contributed by atoms with Gasteiger partial charge in [0.05, 0.1) is 25.2 Å². The standard InChI is InChI=1S/C36H37ClF3NO7/c1-21(2)18-41(19-22(3)4)20-27-28(47-31(42)16-8-23-7-14-29(44-5)30(17-23)45-6)15-13-26-32(43)34(35(36(38,39)40)48-33(26)27)46-25-11-9-24(37)10-12-25/h7-17,21-22H,18-20H2,1-6H3. The minimum absolute atomic E-state index is 0.0351. The number of alkyl halides is 3. The topological polar surface area (TPSA) is 87.4 Å². The summed E-state index contributed by atoms with van der Waals surface area (Å²) in [6, 6.07) is 13.2. The normalized spacial score (nSPS) is 12.0. The lowest BCUT2D eigenvalue weighted by Gasteiger charge is -2.27. The van der Waals surface area contributed by atoms with E-state index in [4.69, 9.17) is 35.0 Å². The van der Waals surface area contributed by atoms with Crippen LogP contribution in [0, 0.1) is 11.8 Å². The van der Waals surface area contributed by atoms with Gasteiger partial charge < -0.3 is 23.4 Å². The highest BCUT2D eigenvalue weighted by Crippen LogP contribution is 2.40. The highest BCUT2D eigenvalue weighted by atomic mass is 35.5. The third-order valence-electron chi connectivity index (χ3n) is 7.03. The first-order valence-electron chi connectivity index (χ1n) is 15.2. The van der Waals surface area contributed by atoms with E-state index in [0.29, 0.717) is 35.2 Å². The number of halogens is 4. The number of carbonyl (C=O) groups is 1. The van der Waals surface area contributed by atoms with Crippen LogP contribution in [0.4, 0.5) is 13.2 Å². The fourth-order valence-electron chi connectivity index (χ4n) is 5.15. The van der Waals surface area contributed by atoms with Crippen LogP contribution in [-0.2, 0) is 17.5 Å². The maximum absolute atomic E-state index is 14.5. The molecule has 1 heterocycles. The number of ether oxygens (including phenoxy) is 4. The number of esters is 1. The average molecular weight is 688 g/mol. The van der Waals surface area contributed by atoms with Gasteiger partial charge >= 0.3 is 12.1 Å². The van der Waals surface area contributed by atoms with E-state index in [9.17, 15) is 22.8 Å². The smallest absolute Gasteiger partial charge is 0.453 e. The minimum atomic E-state index is -5.10. The maximum atomic E-state index is 14.5. The van der Waals surface area contributed by atoms with E-state index in [1.165, 1.54) is 62.8 Å². The number of rotatable bonds is 13. The molecule has 0 saturated heterocycles. The van der Waals surface area contributed by atoms with Crippen molar-refractivity contribution in [2.24, 2.45) is 11.8 Å². The van der Waals surface area contributed by atoms with Crippen LogP contribution >= 0.6 is 11.6 Å². The molecular formula is C36H37ClF3NO7. The summed E-state index contributed by atoms with van der Waals surface area (Å²) in [6.07, 6.45) is -2.43. The molecule has 0 bridgehead atoms. The number of hydrogen-bond acceptors (Lipinski definition) is 8. The van der Waals surface area contributed by atoms with Crippen LogP contribution in [0.3, 0.4) is 0 Å². The second-order valence-electron chi connectivity index (χ2n) is 11.9. The average Bonchev–Trinajstić information content (AvgIpc) is 3.01. The molecule has 0 aliphatic carbocycles. The second kappa shape index (κ2) is 15.6. The number of carbonyl (C=O) groups excluding carboxylic acids is 1. The lowest BCUT2D eigenvalue weighted by molar-refractivity contribution is -0.154. The summed E-state index contributed by atoms with van der Waals surface area (Å²) in [6.45, 7) is 9.24. The summed E-state index contributed by atoms with van der Waals surface area (Å²) >= 11 is 5.91. The molecule has 256 valence electrons. The van der Waals surface area contributed by atoms with Crippen molar-refractivity contribution < 1.29 is 41.3 Å². The van der Waals surface area contributed by atoms with Crippen molar-refractivity contribution in [2.75, 3.05) is 27.3 Å². The Kier molecular flexibility index (Phi) is 11.8. The second-order valence-corrected chi connectivity index (χ2v) is 12.3. The number of nitrogens with zero attached hydrogens (tertiary/aromatic N) is 1. The largest absolute Gasteiger partial charge is 0.493 e. The highest BCUT2D eigenvalue weighted by Gasteiger charge is 2.41. The molecule has 0 saturated carbocycles. The Hall–Kier alpha value is -4.48. The Morgan fingerprint density at radius 3 is 2.12 bits per heavy atom. The zero-order valence-corrected chi connectivity index (χ0v) is 28.2. The molecule has 0 aliphatic rings. The zero-order valence-electron chi connectivity index (χ0n) is 27.4. The van der Waals surface area contributed by atoms with Crippen molar-refractivity contribution in [3.05, 3.63) is 92.8 Å². The van der Waals surface area contributed by atoms with E-state index in [-0.39, 0.29) is 46.4 Å². The summed E-state index contributed by atoms with van der Waals surface area (Å²) in [5.41, 5.74) is -0.674. The Balaban J connectivity index is 1.84. The van der Waals surface area contributed by atoms with Crippen LogP contribution in [0.2, 0.25) is 5.02 Å². The molecule has 0 N–H and O–H groups in total. The monoisotopic (exact) mass is 687 g/mol. The van der Waals surface area contributed by atoms with Gasteiger partial charge in [-0.1, -0.05) is 45.4 Å². The molecule has 3 aromatic carbocycles. The van der Waals surface area contributed by atoms with Crippen molar-refractivity contribution in [1.29, 1.82) is 0 Å². The van der Waals surface area contributed by atoms with Crippen molar-refractivity contribution in [3.8, 4) is 28.7 Å². The molecule has 0 atom stereocenters. The lowest BCUT2D eigenvalue weighted by Crippen LogP contribution is -2.31. The number of fused-ring (bicyclic) bond motifs is 1. The summed E-state index contributed by atoms with van der Waals surface area (Å²) in [5.74, 6) is -2.17. The summed E-state index contributed by atoms with van der Waals surface area (Å²) in [4.78, 5) is 28.8. The van der Waals surface area contributed by atoms with Crippen molar-refractivity contribution in [3.63, 3.8) is 0 Å². The minimum Gasteiger partial charge on any atom is -0.493 e. The van der Waals surface area contributed by atoms with Gasteiger partial charge in [-0.3, -0.25) is 9.69 Å². The van der Waals surface area contributed by atoms with Gasteiger partial charge in [0, 0.05) is 30.7 Å². The molecule has 8 nitrogen and oxygen atoms in total. The van der Waals surface area contributed by atoms with Gasteiger partial charge in [0.1, 0.15) is 17.1 Å². The number of benzene rings is 3. The molecule has 0 radical (unpaired) electrons. The SMILES string of the molecule is COc1ccc(C=CC(=O)Oc2ccc3c(=O)c(Oc4ccc(Cl)cc4)c(C(F)(F)F)oc3c2CN(CC(C)C)CC(C)C)cc1OC. The molecule has 48 heavy (non-hydrogen) atoms. The molecule has 4 rings (SSSR count). The third kappa shape index (κ3) is 9.11. The van der Waals surface area contributed by atoms with Crippen LogP contribution in [0.5, 0.6) is 28.7 Å². The first-order valence-corrected chi connectivity index (χ1v) is 15.6. The van der Waals surface area contributed by atoms with Crippen LogP contribution in [0.1, 0.15) is 44.6 Å². The Morgan fingerprint density at radius 1 is 0.917 bits per heavy atom. The van der Waals surface area contributed by atoms with E-state index in [1.807, 2.05) is 32.6 Å². The van der Waals surface area contributed by atoms with E-state index in [2.05, 4.69) is 0 Å². The molecule has 0 unspecified atom stereocenters. The van der Waals surface area contributed by atoms with Gasteiger partial charge in [0.15, 0.2) is 11.5 Å². The summed E-state index contributed by atoms with van der Waals surface area (Å²) in [7, 11) is 2.99. The third-order valence-corrected chi connectivity index (χ3v) is 7.28. The Bertz CT molecular complexity index is 1820. The van der Waals surface area contributed by atoms with Crippen molar-refractivity contribution in [1.82, 2.24) is 4.90 Å². The molecule has 0 spiro atoms. The molecule has 0 amide bonds. The molecular weight excluding hydrogens is 651 g/mol. The maximum Gasteiger partial charge on any atom is 0.453 e. The summed E-state index contributed by atoms with van der Waals surface area (Å²) in [5, 5.41) is 0.165. The van der Waals surface area contributed by atoms with Gasteiger partial charge in [0.2, 0.25) is 11.2 Å². The molecule has 0 fully saturated rings. The van der Waals surface area contributed by atoms with E-state index >= 15 is 0 Å². The molecule has 1 aromatic heterocycles. The molecule has 0 aliphatic heterocycles. The van der Waals surface area contributed by atoms with Crippen molar-refractivity contribution in [2.45, 2.75) is 40.4 Å². The fourth-order valence-corrected chi connectivity index (χ4v) is 5.27. The predicted molar refractivity (Wildman–Crippen MR) is 178 cm³/mol.